The summed E-state index contributed by atoms with van der Waals surface area (Å²) in [6.45, 7) is 0. The molecular formula is C14H12N2O4. The van der Waals surface area contributed by atoms with Gasteiger partial charge in [0.05, 0.1) is 12.6 Å². The number of hydrogen-bond acceptors (Lipinski definition) is 4. The van der Waals surface area contributed by atoms with Crippen molar-refractivity contribution in [2.45, 2.75) is 0 Å². The van der Waals surface area contributed by atoms with Gasteiger partial charge >= 0.3 is 5.97 Å². The molecule has 0 fully saturated rings. The summed E-state index contributed by atoms with van der Waals surface area (Å²) in [7, 11) is 3.50. The molecule has 0 bridgehead atoms. The van der Waals surface area contributed by atoms with Crippen molar-refractivity contribution in [3.8, 4) is 17.1 Å². The Kier molecular flexibility index (Phi) is 2.71. The second-order valence-corrected chi connectivity index (χ2v) is 4.39. The lowest BCUT2D eigenvalue weighted by Crippen LogP contribution is -1.94. The number of carboxylic acid groups (broad SMARTS) is 1. The maximum absolute atomic E-state index is 10.9. The third-order valence-corrected chi connectivity index (χ3v) is 3.18. The Morgan fingerprint density at radius 3 is 2.90 bits per heavy atom. The number of aromatic carboxylic acids is 1. The fourth-order valence-electron chi connectivity index (χ4n) is 2.30. The van der Waals surface area contributed by atoms with Gasteiger partial charge in [-0.05, 0) is 6.07 Å². The average molecular weight is 272 g/mol. The van der Waals surface area contributed by atoms with Crippen molar-refractivity contribution in [2.24, 2.45) is 7.05 Å². The van der Waals surface area contributed by atoms with Crippen LogP contribution in [0.3, 0.4) is 0 Å². The minimum atomic E-state index is -1.11. The molecule has 3 rings (SSSR count). The Bertz CT molecular complexity index is 801. The molecule has 102 valence electrons. The van der Waals surface area contributed by atoms with Crippen LogP contribution < -0.4 is 4.74 Å². The molecule has 1 N–H and O–H groups in total. The summed E-state index contributed by atoms with van der Waals surface area (Å²) in [4.78, 5) is 10.9. The molecule has 2 heterocycles. The average Bonchev–Trinajstić information content (AvgIpc) is 3.04. The Labute approximate surface area is 114 Å². The minimum Gasteiger partial charge on any atom is -0.495 e. The van der Waals surface area contributed by atoms with E-state index >= 15 is 0 Å². The number of carboxylic acids is 1. The highest BCUT2D eigenvalue weighted by Gasteiger charge is 2.17. The molecule has 6 nitrogen and oxygen atoms in total. The quantitative estimate of drug-likeness (QED) is 0.792. The molecule has 0 aliphatic rings. The zero-order chi connectivity index (χ0) is 14.3. The summed E-state index contributed by atoms with van der Waals surface area (Å²) in [5.41, 5.74) is 1.58. The minimum absolute atomic E-state index is 0.111. The summed E-state index contributed by atoms with van der Waals surface area (Å²) < 4.78 is 12.4. The van der Waals surface area contributed by atoms with Crippen LogP contribution in [0.25, 0.3) is 22.2 Å². The van der Waals surface area contributed by atoms with Crippen LogP contribution in [-0.4, -0.2) is 27.9 Å². The molecule has 0 radical (unpaired) electrons. The third-order valence-electron chi connectivity index (χ3n) is 3.18. The van der Waals surface area contributed by atoms with E-state index in [9.17, 15) is 4.79 Å². The number of benzene rings is 1. The molecule has 0 aliphatic heterocycles. The van der Waals surface area contributed by atoms with Crippen LogP contribution in [0.1, 0.15) is 10.5 Å². The Morgan fingerprint density at radius 2 is 2.25 bits per heavy atom. The van der Waals surface area contributed by atoms with Crippen molar-refractivity contribution in [1.82, 2.24) is 9.72 Å². The normalized spacial score (nSPS) is 10.9. The lowest BCUT2D eigenvalue weighted by Gasteiger charge is -2.03. The van der Waals surface area contributed by atoms with Crippen molar-refractivity contribution >= 4 is 16.9 Å². The first-order valence-electron chi connectivity index (χ1n) is 5.94. The van der Waals surface area contributed by atoms with E-state index in [4.69, 9.17) is 14.4 Å². The highest BCUT2D eigenvalue weighted by Crippen LogP contribution is 2.35. The molecule has 0 aliphatic carbocycles. The van der Waals surface area contributed by atoms with Crippen molar-refractivity contribution in [2.75, 3.05) is 7.11 Å². The van der Waals surface area contributed by atoms with E-state index in [1.807, 2.05) is 36.0 Å². The van der Waals surface area contributed by atoms with Crippen LogP contribution in [-0.2, 0) is 7.05 Å². The Morgan fingerprint density at radius 1 is 1.45 bits per heavy atom. The molecule has 0 saturated carbocycles. The molecule has 0 spiro atoms. The molecule has 2 aromatic heterocycles. The number of para-hydroxylation sites is 1. The maximum Gasteiger partial charge on any atom is 0.358 e. The van der Waals surface area contributed by atoms with E-state index in [1.165, 1.54) is 6.07 Å². The van der Waals surface area contributed by atoms with Crippen molar-refractivity contribution in [1.29, 1.82) is 0 Å². The summed E-state index contributed by atoms with van der Waals surface area (Å²) in [5, 5.41) is 13.4. The zero-order valence-electron chi connectivity index (χ0n) is 11.0. The van der Waals surface area contributed by atoms with Gasteiger partial charge in [-0.15, -0.1) is 0 Å². The van der Waals surface area contributed by atoms with Crippen molar-refractivity contribution in [3.05, 3.63) is 36.2 Å². The summed E-state index contributed by atoms with van der Waals surface area (Å²) >= 11 is 0. The van der Waals surface area contributed by atoms with E-state index in [1.54, 1.807) is 7.11 Å². The topological polar surface area (TPSA) is 77.5 Å². The fourth-order valence-corrected chi connectivity index (χ4v) is 2.30. The first-order valence-corrected chi connectivity index (χ1v) is 5.94. The molecule has 0 amide bonds. The number of rotatable bonds is 3. The summed E-state index contributed by atoms with van der Waals surface area (Å²) in [5.74, 6) is 0.0493. The van der Waals surface area contributed by atoms with Gasteiger partial charge in [-0.1, -0.05) is 17.3 Å². The SMILES string of the molecule is COc1cccc2c(-c3cc(C(=O)O)no3)cn(C)c12. The first kappa shape index (κ1) is 12.3. The number of aromatic nitrogens is 2. The van der Waals surface area contributed by atoms with Crippen molar-refractivity contribution < 1.29 is 19.2 Å². The monoisotopic (exact) mass is 272 g/mol. The summed E-state index contributed by atoms with van der Waals surface area (Å²) in [6, 6.07) is 7.08. The molecule has 1 aromatic carbocycles. The van der Waals surface area contributed by atoms with E-state index in [-0.39, 0.29) is 5.69 Å². The zero-order valence-corrected chi connectivity index (χ0v) is 11.0. The molecule has 0 atom stereocenters. The van der Waals surface area contributed by atoms with Crippen LogP contribution in [0.5, 0.6) is 5.75 Å². The Hall–Kier alpha value is -2.76. The number of hydrogen-bond donors (Lipinski definition) is 1. The number of carbonyl (C=O) groups is 1. The largest absolute Gasteiger partial charge is 0.495 e. The molecule has 0 unspecified atom stereocenters. The van der Waals surface area contributed by atoms with E-state index < -0.39 is 5.97 Å². The van der Waals surface area contributed by atoms with Gasteiger partial charge in [-0.3, -0.25) is 0 Å². The van der Waals surface area contributed by atoms with Gasteiger partial charge in [0.2, 0.25) is 0 Å². The van der Waals surface area contributed by atoms with Gasteiger partial charge in [0.25, 0.3) is 0 Å². The smallest absolute Gasteiger partial charge is 0.358 e. The first-order chi connectivity index (χ1) is 9.61. The molecule has 20 heavy (non-hydrogen) atoms. The third kappa shape index (κ3) is 1.73. The number of ether oxygens (including phenoxy) is 1. The van der Waals surface area contributed by atoms with E-state index in [0.717, 1.165) is 22.2 Å². The van der Waals surface area contributed by atoms with Gasteiger partial charge in [-0.25, -0.2) is 4.79 Å². The van der Waals surface area contributed by atoms with Gasteiger partial charge < -0.3 is 18.9 Å². The predicted octanol–water partition coefficient (Wildman–Crippen LogP) is 2.54. The van der Waals surface area contributed by atoms with Gasteiger partial charge in [0.1, 0.15) is 5.75 Å². The number of methoxy groups -OCH3 is 1. The second-order valence-electron chi connectivity index (χ2n) is 4.39. The van der Waals surface area contributed by atoms with E-state index in [2.05, 4.69) is 5.16 Å². The molecule has 6 heteroatoms. The van der Waals surface area contributed by atoms with Crippen LogP contribution >= 0.6 is 0 Å². The molecular weight excluding hydrogens is 260 g/mol. The number of aryl methyl sites for hydroxylation is 1. The maximum atomic E-state index is 10.9. The van der Waals surface area contributed by atoms with Crippen LogP contribution in [0.15, 0.2) is 35.0 Å². The lowest BCUT2D eigenvalue weighted by molar-refractivity contribution is 0.0686. The fraction of sp³-hybridized carbons (Fsp3) is 0.143. The number of nitrogens with zero attached hydrogens (tertiary/aromatic N) is 2. The Balaban J connectivity index is 2.23. The van der Waals surface area contributed by atoms with Crippen molar-refractivity contribution in [3.63, 3.8) is 0 Å². The number of fused-ring (bicyclic) bond motifs is 1. The molecule has 3 aromatic rings. The van der Waals surface area contributed by atoms with Crippen LogP contribution in [0, 0.1) is 0 Å². The lowest BCUT2D eigenvalue weighted by atomic mass is 10.1. The van der Waals surface area contributed by atoms with Crippen LogP contribution in [0.4, 0.5) is 0 Å². The van der Waals surface area contributed by atoms with Crippen LogP contribution in [0.2, 0.25) is 0 Å². The molecule has 0 saturated heterocycles. The van der Waals surface area contributed by atoms with E-state index in [0.29, 0.717) is 5.76 Å². The standard InChI is InChI=1S/C14H12N2O4/c1-16-7-9(12-6-10(14(17)18)15-20-12)8-4-3-5-11(19-2)13(8)16/h3-7H,1-2H3,(H,17,18). The summed E-state index contributed by atoms with van der Waals surface area (Å²) in [6.07, 6.45) is 1.86. The van der Waals surface area contributed by atoms with Gasteiger partial charge in [0, 0.05) is 30.3 Å². The second kappa shape index (κ2) is 4.41. The van der Waals surface area contributed by atoms with Gasteiger partial charge in [0.15, 0.2) is 11.5 Å². The highest BCUT2D eigenvalue weighted by atomic mass is 16.5. The predicted molar refractivity (Wildman–Crippen MR) is 71.9 cm³/mol. The highest BCUT2D eigenvalue weighted by molar-refractivity contribution is 5.98. The van der Waals surface area contributed by atoms with Gasteiger partial charge in [-0.2, -0.15) is 0 Å².